The van der Waals surface area contributed by atoms with Crippen LogP contribution >= 0.6 is 0 Å². The third kappa shape index (κ3) is 4.80. The normalized spacial score (nSPS) is 18.9. The van der Waals surface area contributed by atoms with Crippen LogP contribution < -0.4 is 20.8 Å². The van der Waals surface area contributed by atoms with Crippen LogP contribution in [0.3, 0.4) is 0 Å². The lowest BCUT2D eigenvalue weighted by molar-refractivity contribution is 0.157. The fourth-order valence-electron chi connectivity index (χ4n) is 5.69. The van der Waals surface area contributed by atoms with E-state index in [0.29, 0.717) is 30.0 Å². The Balaban J connectivity index is 1.38. The molecule has 1 aromatic carbocycles. The van der Waals surface area contributed by atoms with E-state index < -0.39 is 11.6 Å². The van der Waals surface area contributed by atoms with Crippen LogP contribution in [0.1, 0.15) is 36.9 Å². The molecule has 202 valence electrons. The first-order valence-electron chi connectivity index (χ1n) is 13.2. The van der Waals surface area contributed by atoms with E-state index in [2.05, 4.69) is 19.8 Å². The van der Waals surface area contributed by atoms with Gasteiger partial charge in [-0.05, 0) is 55.7 Å². The van der Waals surface area contributed by atoms with Gasteiger partial charge in [-0.3, -0.25) is 14.7 Å². The predicted molar refractivity (Wildman–Crippen MR) is 146 cm³/mol. The smallest absolute Gasteiger partial charge is 0.202 e. The van der Waals surface area contributed by atoms with Crippen molar-refractivity contribution in [2.24, 2.45) is 0 Å². The molecule has 2 atom stereocenters. The lowest BCUT2D eigenvalue weighted by Crippen LogP contribution is -2.48. The van der Waals surface area contributed by atoms with Gasteiger partial charge in [0.05, 0.1) is 28.8 Å². The van der Waals surface area contributed by atoms with Crippen LogP contribution in [0.2, 0.25) is 0 Å². The molecule has 0 radical (unpaired) electrons. The van der Waals surface area contributed by atoms with Gasteiger partial charge in [0.1, 0.15) is 12.4 Å². The fourth-order valence-corrected chi connectivity index (χ4v) is 5.69. The van der Waals surface area contributed by atoms with Crippen molar-refractivity contribution in [3.05, 3.63) is 88.1 Å². The van der Waals surface area contributed by atoms with Crippen molar-refractivity contribution in [1.29, 1.82) is 0 Å². The Kier molecular flexibility index (Phi) is 6.64. The van der Waals surface area contributed by atoms with Crippen molar-refractivity contribution < 1.29 is 13.5 Å². The largest absolute Gasteiger partial charge is 0.486 e. The summed E-state index contributed by atoms with van der Waals surface area (Å²) in [5.41, 5.74) is 8.41. The van der Waals surface area contributed by atoms with Crippen LogP contribution in [0.4, 0.5) is 20.3 Å². The summed E-state index contributed by atoms with van der Waals surface area (Å²) < 4.78 is 36.4. The summed E-state index contributed by atoms with van der Waals surface area (Å²) in [6.45, 7) is 4.76. The van der Waals surface area contributed by atoms with E-state index in [1.165, 1.54) is 0 Å². The lowest BCUT2D eigenvalue weighted by atomic mass is 10.0. The molecule has 0 saturated carbocycles. The topological polar surface area (TPSA) is 89.5 Å². The molecule has 1 unspecified atom stereocenters. The minimum atomic E-state index is -1.08. The Morgan fingerprint density at radius 2 is 2.00 bits per heavy atom. The number of hydrogen-bond donors (Lipinski definition) is 1. The Morgan fingerprint density at radius 3 is 2.77 bits per heavy atom. The van der Waals surface area contributed by atoms with Crippen LogP contribution in [0.25, 0.3) is 10.9 Å². The SMILES string of the molecule is CC1COc2c(F)c(F)cc3c(=O)c(CN(Cc4ccncc4)[C@H]4CCCN(c5ccc(N)nc5)C4)cn1c23. The first kappa shape index (κ1) is 25.2. The molecular formula is C29H30F2N6O2. The van der Waals surface area contributed by atoms with Gasteiger partial charge >= 0.3 is 0 Å². The van der Waals surface area contributed by atoms with Crippen molar-refractivity contribution in [2.45, 2.75) is 44.9 Å². The quantitative estimate of drug-likeness (QED) is 0.397. The monoisotopic (exact) mass is 532 g/mol. The van der Waals surface area contributed by atoms with Crippen molar-refractivity contribution in [3.63, 3.8) is 0 Å². The molecule has 1 fully saturated rings. The van der Waals surface area contributed by atoms with E-state index in [9.17, 15) is 13.6 Å². The summed E-state index contributed by atoms with van der Waals surface area (Å²) >= 11 is 0. The van der Waals surface area contributed by atoms with Gasteiger partial charge in [0, 0.05) is 56.4 Å². The number of hydrogen-bond acceptors (Lipinski definition) is 7. The van der Waals surface area contributed by atoms with Gasteiger partial charge in [0.15, 0.2) is 17.0 Å². The van der Waals surface area contributed by atoms with Crippen molar-refractivity contribution >= 4 is 22.4 Å². The molecule has 4 aromatic rings. The number of anilines is 2. The van der Waals surface area contributed by atoms with Crippen LogP contribution in [0.15, 0.2) is 59.9 Å². The van der Waals surface area contributed by atoms with Gasteiger partial charge in [-0.25, -0.2) is 9.37 Å². The molecule has 6 rings (SSSR count). The average Bonchev–Trinajstić information content (AvgIpc) is 2.95. The molecule has 0 aliphatic carbocycles. The number of ether oxygens (including phenoxy) is 1. The van der Waals surface area contributed by atoms with Gasteiger partial charge in [-0.2, -0.15) is 4.39 Å². The van der Waals surface area contributed by atoms with Gasteiger partial charge in [-0.1, -0.05) is 0 Å². The molecule has 2 N–H and O–H groups in total. The van der Waals surface area contributed by atoms with E-state index in [1.807, 2.05) is 29.7 Å². The van der Waals surface area contributed by atoms with E-state index in [1.54, 1.807) is 30.9 Å². The number of piperidine rings is 1. The molecule has 2 aliphatic heterocycles. The van der Waals surface area contributed by atoms with E-state index >= 15 is 0 Å². The first-order chi connectivity index (χ1) is 18.9. The van der Waals surface area contributed by atoms with Crippen LogP contribution in [-0.4, -0.2) is 45.2 Å². The predicted octanol–water partition coefficient (Wildman–Crippen LogP) is 4.28. The number of aromatic nitrogens is 3. The third-order valence-electron chi connectivity index (χ3n) is 7.74. The number of halogens is 2. The molecule has 10 heteroatoms. The van der Waals surface area contributed by atoms with Crippen molar-refractivity contribution in [1.82, 2.24) is 19.4 Å². The van der Waals surface area contributed by atoms with Gasteiger partial charge < -0.3 is 19.9 Å². The maximum absolute atomic E-state index is 14.6. The molecule has 1 saturated heterocycles. The number of benzene rings is 1. The molecular weight excluding hydrogens is 502 g/mol. The van der Waals surface area contributed by atoms with E-state index in [0.717, 1.165) is 43.2 Å². The van der Waals surface area contributed by atoms with Crippen LogP contribution in [-0.2, 0) is 13.1 Å². The van der Waals surface area contributed by atoms with Crippen molar-refractivity contribution in [2.75, 3.05) is 30.3 Å². The number of pyridine rings is 3. The second-order valence-electron chi connectivity index (χ2n) is 10.4. The maximum Gasteiger partial charge on any atom is 0.202 e. The van der Waals surface area contributed by atoms with Gasteiger partial charge in [0.25, 0.3) is 0 Å². The zero-order valence-electron chi connectivity index (χ0n) is 21.7. The lowest BCUT2D eigenvalue weighted by Gasteiger charge is -2.40. The molecule has 8 nitrogen and oxygen atoms in total. The highest BCUT2D eigenvalue weighted by Crippen LogP contribution is 2.35. The molecule has 0 spiro atoms. The summed E-state index contributed by atoms with van der Waals surface area (Å²) in [5, 5.41) is 0.134. The maximum atomic E-state index is 14.6. The summed E-state index contributed by atoms with van der Waals surface area (Å²) in [5.74, 6) is -1.86. The van der Waals surface area contributed by atoms with Crippen LogP contribution in [0.5, 0.6) is 5.75 Å². The number of nitrogens with two attached hydrogens (primary N) is 1. The van der Waals surface area contributed by atoms with E-state index in [4.69, 9.17) is 10.5 Å². The molecule has 3 aromatic heterocycles. The molecule has 39 heavy (non-hydrogen) atoms. The highest BCUT2D eigenvalue weighted by atomic mass is 19.2. The highest BCUT2D eigenvalue weighted by molar-refractivity contribution is 5.86. The highest BCUT2D eigenvalue weighted by Gasteiger charge is 2.30. The summed E-state index contributed by atoms with van der Waals surface area (Å²) in [6, 6.07) is 8.73. The Bertz CT molecular complexity index is 1560. The first-order valence-corrected chi connectivity index (χ1v) is 13.2. The fraction of sp³-hybridized carbons (Fsp3) is 0.345. The zero-order chi connectivity index (χ0) is 27.1. The van der Waals surface area contributed by atoms with Crippen molar-refractivity contribution in [3.8, 4) is 5.75 Å². The Morgan fingerprint density at radius 1 is 1.18 bits per heavy atom. The Hall–Kier alpha value is -4.05. The summed E-state index contributed by atoms with van der Waals surface area (Å²) in [7, 11) is 0. The molecule has 2 aliphatic rings. The molecule has 0 bridgehead atoms. The average molecular weight is 533 g/mol. The summed E-state index contributed by atoms with van der Waals surface area (Å²) in [6.07, 6.45) is 9.04. The number of nitrogens with zero attached hydrogens (tertiary/aromatic N) is 5. The Labute approximate surface area is 224 Å². The van der Waals surface area contributed by atoms with Gasteiger partial charge in [-0.15, -0.1) is 0 Å². The molecule has 5 heterocycles. The number of nitrogen functional groups attached to an aromatic ring is 1. The minimum Gasteiger partial charge on any atom is -0.486 e. The number of rotatable bonds is 6. The van der Waals surface area contributed by atoms with Gasteiger partial charge in [0.2, 0.25) is 5.82 Å². The minimum absolute atomic E-state index is 0.134. The second-order valence-corrected chi connectivity index (χ2v) is 10.4. The van der Waals surface area contributed by atoms with Crippen LogP contribution in [0, 0.1) is 11.6 Å². The standard InChI is InChI=1S/C29H30F2N6O2/c1-18-17-39-29-26(31)24(30)11-23-27(29)37(18)15-20(28(23)38)14-36(13-19-6-8-33-9-7-19)22-3-2-10-35(16-22)21-4-5-25(32)34-12-21/h4-9,11-12,15,18,22H,2-3,10,13-14,16-17H2,1H3,(H2,32,34)/t18?,22-/m0/s1. The zero-order valence-corrected chi connectivity index (χ0v) is 21.7. The summed E-state index contributed by atoms with van der Waals surface area (Å²) in [4.78, 5) is 26.7. The third-order valence-corrected chi connectivity index (χ3v) is 7.74. The second kappa shape index (κ2) is 10.3. The molecule has 0 amide bonds. The van der Waals surface area contributed by atoms with E-state index in [-0.39, 0.29) is 35.3 Å².